The average Bonchev–Trinajstić information content (AvgIpc) is 1.41. The molecule has 0 aliphatic carbocycles. The van der Waals surface area contributed by atoms with Gasteiger partial charge in [0.05, 0.1) is 0 Å². The zero-order valence-corrected chi connectivity index (χ0v) is 7.92. The summed E-state index contributed by atoms with van der Waals surface area (Å²) in [7, 11) is 0. The van der Waals surface area contributed by atoms with Crippen molar-refractivity contribution in [3.63, 3.8) is 0 Å². The Morgan fingerprint density at radius 2 is 1.75 bits per heavy atom. The molecule has 0 rings (SSSR count). The van der Waals surface area contributed by atoms with Gasteiger partial charge in [-0.2, -0.15) is 0 Å². The van der Waals surface area contributed by atoms with Crippen LogP contribution in [0.25, 0.3) is 0 Å². The van der Waals surface area contributed by atoms with Crippen LogP contribution in [0.2, 0.25) is 4.13 Å². The molecule has 0 spiro atoms. The van der Waals surface area contributed by atoms with E-state index < -0.39 is 0 Å². The Bertz CT molecular complexity index is 35.2. The molecular weight excluding hydrogens is 238 g/mol. The van der Waals surface area contributed by atoms with E-state index in [1.165, 1.54) is 10.5 Å². The standard InChI is InChI=1S/C4H7.2ClH.H4Si.Zr/c1-3-4-2;;;;/h3H,1-2,4H2;2*1H;1H4;/q;;;;+2/p-2. The summed E-state index contributed by atoms with van der Waals surface area (Å²) in [4.78, 5) is 0. The molecule has 0 unspecified atom stereocenters. The molecule has 0 saturated carbocycles. The van der Waals surface area contributed by atoms with Crippen LogP contribution in [0, 0.1) is 0 Å². The monoisotopic (exact) mass is 247 g/mol. The van der Waals surface area contributed by atoms with Gasteiger partial charge in [-0.3, -0.25) is 0 Å². The molecule has 8 heavy (non-hydrogen) atoms. The Hall–Kier alpha value is 1.42. The summed E-state index contributed by atoms with van der Waals surface area (Å²) in [5.74, 6) is 0. The number of hydrogen-bond acceptors (Lipinski definition) is 0. The molecule has 0 aromatic carbocycles. The maximum Gasteiger partial charge on any atom is -0.0149 e. The Morgan fingerprint density at radius 3 is 1.75 bits per heavy atom. The van der Waals surface area contributed by atoms with Crippen LogP contribution in [0.15, 0.2) is 12.7 Å². The molecule has 0 radical (unpaired) electrons. The van der Waals surface area contributed by atoms with E-state index in [9.17, 15) is 0 Å². The molecule has 0 saturated heterocycles. The molecule has 0 amide bonds. The van der Waals surface area contributed by atoms with Gasteiger partial charge in [-0.1, -0.05) is 0 Å². The van der Waals surface area contributed by atoms with Gasteiger partial charge in [0.2, 0.25) is 0 Å². The first-order chi connectivity index (χ1) is 2.41. The summed E-state index contributed by atoms with van der Waals surface area (Å²) in [5, 5.41) is 0. The second kappa shape index (κ2) is 23.7. The molecule has 0 fully saturated rings. The molecule has 0 aliphatic rings. The minimum atomic E-state index is 0. The van der Waals surface area contributed by atoms with Crippen molar-refractivity contribution in [1.29, 1.82) is 0 Å². The number of halogens is 2. The van der Waals surface area contributed by atoms with Crippen LogP contribution < -0.4 is 24.8 Å². The molecule has 49 valence electrons. The van der Waals surface area contributed by atoms with Crippen molar-refractivity contribution in [3.8, 4) is 0 Å². The maximum absolute atomic E-state index is 3.56. The van der Waals surface area contributed by atoms with Crippen molar-refractivity contribution in [2.75, 3.05) is 0 Å². The molecule has 0 aromatic heterocycles. The molecule has 4 heteroatoms. The van der Waals surface area contributed by atoms with Gasteiger partial charge in [-0.15, -0.1) is 0 Å². The van der Waals surface area contributed by atoms with Crippen molar-refractivity contribution < 1.29 is 49.5 Å². The zero-order chi connectivity index (χ0) is 4.12. The Balaban J connectivity index is -0.0000000267. The number of rotatable bonds is 2. The predicted octanol–water partition coefficient (Wildman–Crippen LogP) is -5.92. The smallest absolute Gasteiger partial charge is 0.0149 e. The van der Waals surface area contributed by atoms with Gasteiger partial charge >= 0.3 is 47.9 Å². The van der Waals surface area contributed by atoms with Crippen LogP contribution in [-0.2, 0) is 24.7 Å². The van der Waals surface area contributed by atoms with E-state index in [1.807, 2.05) is 6.08 Å². The van der Waals surface area contributed by atoms with Crippen LogP contribution in [0.5, 0.6) is 0 Å². The maximum atomic E-state index is 3.56. The molecule has 0 nitrogen and oxygen atoms in total. The fourth-order valence-corrected chi connectivity index (χ4v) is 0.604. The fraction of sp³-hybridized carbons (Fsp3) is 0.500. The van der Waals surface area contributed by atoms with Gasteiger partial charge in [-0.25, -0.2) is 0 Å². The fourth-order valence-electron chi connectivity index (χ4n) is 0.102. The molecule has 0 aliphatic heterocycles. The second-order valence-electron chi connectivity index (χ2n) is 0.827. The van der Waals surface area contributed by atoms with Crippen LogP contribution in [0.3, 0.4) is 0 Å². The molecule has 0 heterocycles. The average molecular weight is 249 g/mol. The third-order valence-corrected chi connectivity index (χ3v) is 1.06. The van der Waals surface area contributed by atoms with E-state index in [0.29, 0.717) is 0 Å². The zero-order valence-electron chi connectivity index (χ0n) is 3.95. The van der Waals surface area contributed by atoms with E-state index in [-0.39, 0.29) is 35.8 Å². The van der Waals surface area contributed by atoms with Crippen molar-refractivity contribution in [2.24, 2.45) is 0 Å². The van der Waals surface area contributed by atoms with Crippen LogP contribution >= 0.6 is 0 Å². The van der Waals surface area contributed by atoms with Crippen molar-refractivity contribution in [1.82, 2.24) is 0 Å². The third kappa shape index (κ3) is 26.1. The molecule has 0 bridgehead atoms. The van der Waals surface area contributed by atoms with Gasteiger partial charge in [0.25, 0.3) is 0 Å². The van der Waals surface area contributed by atoms with Crippen molar-refractivity contribution >= 4 is 11.0 Å². The Labute approximate surface area is 83.2 Å². The van der Waals surface area contributed by atoms with Gasteiger partial charge in [0.15, 0.2) is 0 Å². The number of hydrogen-bond donors (Lipinski definition) is 0. The molecule has 0 aromatic rings. The van der Waals surface area contributed by atoms with Crippen LogP contribution in [0.1, 0.15) is 6.42 Å². The van der Waals surface area contributed by atoms with E-state index in [2.05, 4.69) is 6.58 Å². The quantitative estimate of drug-likeness (QED) is 0.338. The summed E-state index contributed by atoms with van der Waals surface area (Å²) < 4.78 is 1.32. The Morgan fingerprint density at radius 1 is 1.38 bits per heavy atom. The predicted molar refractivity (Wildman–Crippen MR) is 31.0 cm³/mol. The van der Waals surface area contributed by atoms with E-state index in [0.717, 1.165) is 0 Å². The van der Waals surface area contributed by atoms with E-state index >= 15 is 0 Å². The second-order valence-corrected chi connectivity index (χ2v) is 2.06. The summed E-state index contributed by atoms with van der Waals surface area (Å²) in [6.45, 7) is 3.56. The number of allylic oxidation sites excluding steroid dienone is 1. The first-order valence-corrected chi connectivity index (χ1v) is 3.41. The largest absolute Gasteiger partial charge is 1.00 e. The normalized spacial score (nSPS) is 4.75. The van der Waals surface area contributed by atoms with Crippen molar-refractivity contribution in [3.05, 3.63) is 12.7 Å². The van der Waals surface area contributed by atoms with Gasteiger partial charge < -0.3 is 24.8 Å². The summed E-state index contributed by atoms with van der Waals surface area (Å²) >= 11 is 1.61. The summed E-state index contributed by atoms with van der Waals surface area (Å²) in [6, 6.07) is 0. The molecular formula is C4H11Cl2SiZr. The third-order valence-electron chi connectivity index (χ3n) is 0.348. The van der Waals surface area contributed by atoms with Crippen LogP contribution in [-0.4, -0.2) is 11.0 Å². The minimum absolute atomic E-state index is 0. The SMILES string of the molecule is C=CC[CH2][Zr+2].[Cl-].[Cl-].[SiH4]. The summed E-state index contributed by atoms with van der Waals surface area (Å²) in [6.07, 6.45) is 3.15. The molecule has 0 atom stereocenters. The first-order valence-electron chi connectivity index (χ1n) is 1.67. The minimum Gasteiger partial charge on any atom is -1.00 e. The van der Waals surface area contributed by atoms with Crippen LogP contribution in [0.4, 0.5) is 0 Å². The van der Waals surface area contributed by atoms with Gasteiger partial charge in [0.1, 0.15) is 0 Å². The molecule has 0 N–H and O–H groups in total. The van der Waals surface area contributed by atoms with E-state index in [4.69, 9.17) is 0 Å². The van der Waals surface area contributed by atoms with Gasteiger partial charge in [0, 0.05) is 0 Å². The van der Waals surface area contributed by atoms with E-state index in [1.54, 1.807) is 24.7 Å². The van der Waals surface area contributed by atoms with Crippen molar-refractivity contribution in [2.45, 2.75) is 10.5 Å². The summed E-state index contributed by atoms with van der Waals surface area (Å²) in [5.41, 5.74) is 0. The topological polar surface area (TPSA) is 0 Å². The Kier molecular flexibility index (Phi) is 67.4. The first kappa shape index (κ1) is 22.7. The van der Waals surface area contributed by atoms with Gasteiger partial charge in [-0.05, 0) is 11.0 Å².